The maximum atomic E-state index is 13.2. The molecule has 4 atom stereocenters. The summed E-state index contributed by atoms with van der Waals surface area (Å²) in [6.07, 6.45) is 0.687. The average Bonchev–Trinajstić information content (AvgIpc) is 2.84. The van der Waals surface area contributed by atoms with Crippen molar-refractivity contribution in [2.24, 2.45) is 28.1 Å². The molecular weight excluding hydrogens is 514 g/mol. The van der Waals surface area contributed by atoms with E-state index in [0.29, 0.717) is 12.0 Å². The van der Waals surface area contributed by atoms with Gasteiger partial charge >= 0.3 is 5.97 Å². The number of hydrogen-bond donors (Lipinski definition) is 9. The van der Waals surface area contributed by atoms with E-state index in [1.807, 2.05) is 13.8 Å². The molecule has 0 aliphatic heterocycles. The molecule has 0 aromatic heterocycles. The summed E-state index contributed by atoms with van der Waals surface area (Å²) in [5.74, 6) is -3.22. The van der Waals surface area contributed by atoms with E-state index in [2.05, 4.69) is 33.6 Å². The third-order valence-corrected chi connectivity index (χ3v) is 5.84. The summed E-state index contributed by atoms with van der Waals surface area (Å²) in [7, 11) is 0. The molecule has 0 aliphatic carbocycles. The quantitative estimate of drug-likeness (QED) is 0.0518. The van der Waals surface area contributed by atoms with Crippen LogP contribution in [0, 0.1) is 5.92 Å². The molecule has 1 aromatic carbocycles. The van der Waals surface area contributed by atoms with Crippen molar-refractivity contribution in [1.82, 2.24) is 16.0 Å². The molecule has 3 amide bonds. The van der Waals surface area contributed by atoms with Gasteiger partial charge in [0, 0.05) is 18.7 Å². The highest BCUT2D eigenvalue weighted by atomic mass is 32.1. The van der Waals surface area contributed by atoms with E-state index in [-0.39, 0.29) is 49.2 Å². The van der Waals surface area contributed by atoms with Gasteiger partial charge in [-0.15, -0.1) is 0 Å². The first-order valence-electron chi connectivity index (χ1n) is 12.2. The maximum Gasteiger partial charge on any atom is 0.326 e. The predicted octanol–water partition coefficient (Wildman–Crippen LogP) is -1.17. The summed E-state index contributed by atoms with van der Waals surface area (Å²) in [6, 6.07) is 1.60. The molecule has 0 saturated carbocycles. The number of carbonyl (C=O) groups excluding carboxylic acids is 3. The van der Waals surface area contributed by atoms with Crippen LogP contribution < -0.4 is 33.2 Å². The number of carbonyl (C=O) groups is 4. The van der Waals surface area contributed by atoms with Gasteiger partial charge in [-0.3, -0.25) is 19.4 Å². The van der Waals surface area contributed by atoms with Crippen LogP contribution >= 0.6 is 12.6 Å². The van der Waals surface area contributed by atoms with Crippen LogP contribution in [0.4, 0.5) is 0 Å². The summed E-state index contributed by atoms with van der Waals surface area (Å²) in [6.45, 7) is 3.91. The Morgan fingerprint density at radius 3 is 2.03 bits per heavy atom. The lowest BCUT2D eigenvalue weighted by Gasteiger charge is -2.26. The monoisotopic (exact) mass is 553 g/mol. The minimum absolute atomic E-state index is 0.0274. The first-order valence-corrected chi connectivity index (χ1v) is 12.8. The van der Waals surface area contributed by atoms with Gasteiger partial charge in [0.1, 0.15) is 23.9 Å². The van der Waals surface area contributed by atoms with Crippen LogP contribution in [-0.2, 0) is 25.6 Å². The van der Waals surface area contributed by atoms with E-state index in [9.17, 15) is 29.4 Å². The molecule has 13 nitrogen and oxygen atoms in total. The molecule has 212 valence electrons. The van der Waals surface area contributed by atoms with Gasteiger partial charge in [0.15, 0.2) is 5.96 Å². The molecule has 38 heavy (non-hydrogen) atoms. The lowest BCUT2D eigenvalue weighted by molar-refractivity contribution is -0.142. The Morgan fingerprint density at radius 2 is 1.50 bits per heavy atom. The molecule has 0 fully saturated rings. The van der Waals surface area contributed by atoms with Crippen LogP contribution in [0.1, 0.15) is 38.7 Å². The summed E-state index contributed by atoms with van der Waals surface area (Å²) in [4.78, 5) is 54.3. The largest absolute Gasteiger partial charge is 0.508 e. The number of guanidine groups is 1. The Kier molecular flexibility index (Phi) is 14.0. The zero-order valence-electron chi connectivity index (χ0n) is 21.6. The van der Waals surface area contributed by atoms with Crippen molar-refractivity contribution in [2.45, 2.75) is 63.7 Å². The Labute approximate surface area is 227 Å². The summed E-state index contributed by atoms with van der Waals surface area (Å²) >= 11 is 4.00. The highest BCUT2D eigenvalue weighted by molar-refractivity contribution is 7.80. The Bertz CT molecular complexity index is 970. The van der Waals surface area contributed by atoms with E-state index in [1.165, 1.54) is 12.1 Å². The average molecular weight is 554 g/mol. The highest BCUT2D eigenvalue weighted by Crippen LogP contribution is 2.13. The normalized spacial score (nSPS) is 14.0. The molecular formula is C24H39N7O6S. The molecule has 4 unspecified atom stereocenters. The second-order valence-corrected chi connectivity index (χ2v) is 9.62. The van der Waals surface area contributed by atoms with Crippen LogP contribution in [-0.4, -0.2) is 76.3 Å². The fraction of sp³-hybridized carbons (Fsp3) is 0.542. The maximum absolute atomic E-state index is 13.2. The van der Waals surface area contributed by atoms with Gasteiger partial charge in [-0.1, -0.05) is 26.0 Å². The SMILES string of the molecule is CC(C)CC(NC(=O)C(CCCN=C(N)N)NC(=O)C(N)CS)C(=O)NC(Cc1ccc(O)cc1)C(=O)O. The van der Waals surface area contributed by atoms with Crippen molar-refractivity contribution in [3.8, 4) is 5.75 Å². The minimum Gasteiger partial charge on any atom is -0.508 e. The van der Waals surface area contributed by atoms with Gasteiger partial charge in [-0.2, -0.15) is 12.6 Å². The number of rotatable bonds is 16. The number of amides is 3. The number of aliphatic carboxylic acids is 1. The van der Waals surface area contributed by atoms with Gasteiger partial charge in [-0.05, 0) is 42.9 Å². The predicted molar refractivity (Wildman–Crippen MR) is 146 cm³/mol. The topological polar surface area (TPSA) is 235 Å². The molecule has 0 heterocycles. The van der Waals surface area contributed by atoms with Crippen molar-refractivity contribution < 1.29 is 29.4 Å². The lowest BCUT2D eigenvalue weighted by atomic mass is 10.0. The molecule has 1 aromatic rings. The third-order valence-electron chi connectivity index (χ3n) is 5.44. The van der Waals surface area contributed by atoms with Gasteiger partial charge in [0.25, 0.3) is 0 Å². The smallest absolute Gasteiger partial charge is 0.326 e. The fourth-order valence-corrected chi connectivity index (χ4v) is 3.62. The van der Waals surface area contributed by atoms with Crippen molar-refractivity contribution >= 4 is 42.3 Å². The third kappa shape index (κ3) is 12.1. The first kappa shape index (κ1) is 32.5. The molecule has 1 rings (SSSR count). The van der Waals surface area contributed by atoms with Crippen molar-refractivity contribution in [1.29, 1.82) is 0 Å². The number of benzene rings is 1. The molecule has 0 radical (unpaired) electrons. The number of phenolic OH excluding ortho intramolecular Hbond substituents is 1. The molecule has 11 N–H and O–H groups in total. The highest BCUT2D eigenvalue weighted by Gasteiger charge is 2.30. The summed E-state index contributed by atoms with van der Waals surface area (Å²) < 4.78 is 0. The second kappa shape index (κ2) is 16.3. The van der Waals surface area contributed by atoms with Crippen LogP contribution in [0.25, 0.3) is 0 Å². The van der Waals surface area contributed by atoms with Crippen molar-refractivity contribution in [2.75, 3.05) is 12.3 Å². The van der Waals surface area contributed by atoms with Gasteiger partial charge in [0.05, 0.1) is 6.04 Å². The number of thiol groups is 1. The number of aliphatic imine (C=N–C) groups is 1. The lowest BCUT2D eigenvalue weighted by Crippen LogP contribution is -2.57. The van der Waals surface area contributed by atoms with Crippen molar-refractivity contribution in [3.63, 3.8) is 0 Å². The molecule has 0 saturated heterocycles. The van der Waals surface area contributed by atoms with E-state index in [1.54, 1.807) is 12.1 Å². The Hall–Kier alpha value is -3.52. The van der Waals surface area contributed by atoms with Gasteiger partial charge in [-0.25, -0.2) is 4.79 Å². The van der Waals surface area contributed by atoms with Crippen LogP contribution in [0.15, 0.2) is 29.3 Å². The number of hydrogen-bond acceptors (Lipinski definition) is 8. The summed E-state index contributed by atoms with van der Waals surface area (Å²) in [5, 5.41) is 26.8. The van der Waals surface area contributed by atoms with Crippen LogP contribution in [0.5, 0.6) is 5.75 Å². The zero-order valence-corrected chi connectivity index (χ0v) is 22.5. The van der Waals surface area contributed by atoms with Crippen molar-refractivity contribution in [3.05, 3.63) is 29.8 Å². The molecule has 0 spiro atoms. The summed E-state index contributed by atoms with van der Waals surface area (Å²) in [5.41, 5.74) is 17.0. The number of nitrogens with two attached hydrogens (primary N) is 3. The standard InChI is InChI=1S/C24H39N7O6S/c1-13(2)10-18(22(35)31-19(23(36)37)11-14-5-7-15(32)8-6-14)30-21(34)17(4-3-9-28-24(26)27)29-20(33)16(25)12-38/h5-8,13,16-19,32,38H,3-4,9-12,25H2,1-2H3,(H,29,33)(H,30,34)(H,31,35)(H,36,37)(H4,26,27,28). The molecule has 0 aliphatic rings. The Morgan fingerprint density at radius 1 is 0.947 bits per heavy atom. The van der Waals surface area contributed by atoms with Crippen LogP contribution in [0.3, 0.4) is 0 Å². The number of aromatic hydroxyl groups is 1. The number of nitrogens with one attached hydrogen (secondary N) is 3. The van der Waals surface area contributed by atoms with E-state index in [4.69, 9.17) is 17.2 Å². The second-order valence-electron chi connectivity index (χ2n) is 9.26. The van der Waals surface area contributed by atoms with Gasteiger partial charge < -0.3 is 43.4 Å². The minimum atomic E-state index is -1.28. The Balaban J connectivity index is 3.03. The fourth-order valence-electron chi connectivity index (χ4n) is 3.45. The van der Waals surface area contributed by atoms with Gasteiger partial charge in [0.2, 0.25) is 17.7 Å². The number of carboxylic acid groups (broad SMARTS) is 1. The van der Waals surface area contributed by atoms with E-state index >= 15 is 0 Å². The molecule has 14 heteroatoms. The first-order chi connectivity index (χ1) is 17.8. The zero-order chi connectivity index (χ0) is 28.8. The molecule has 0 bridgehead atoms. The number of carboxylic acids is 1. The number of nitrogens with zero attached hydrogens (tertiary/aromatic N) is 1. The van der Waals surface area contributed by atoms with Crippen LogP contribution in [0.2, 0.25) is 0 Å². The van der Waals surface area contributed by atoms with E-state index < -0.39 is 47.9 Å². The number of phenols is 1. The van der Waals surface area contributed by atoms with E-state index in [0.717, 1.165) is 0 Å².